The predicted octanol–water partition coefficient (Wildman–Crippen LogP) is 2.54. The molecule has 0 radical (unpaired) electrons. The van der Waals surface area contributed by atoms with Gasteiger partial charge in [0.25, 0.3) is 0 Å². The number of phenolic OH excluding ortho intramolecular Hbond substituents is 1. The van der Waals surface area contributed by atoms with E-state index in [0.717, 1.165) is 11.8 Å². The smallest absolute Gasteiger partial charge is 0.136 e. The van der Waals surface area contributed by atoms with Crippen LogP contribution in [-0.4, -0.2) is 35.9 Å². The highest BCUT2D eigenvalue weighted by molar-refractivity contribution is 5.88. The van der Waals surface area contributed by atoms with Crippen molar-refractivity contribution in [2.45, 2.75) is 13.8 Å². The molecule has 0 spiro atoms. The number of phenols is 1. The Balaban J connectivity index is 2.37. The lowest BCUT2D eigenvalue weighted by Gasteiger charge is -2.10. The summed E-state index contributed by atoms with van der Waals surface area (Å²) in [6.07, 6.45) is 2.93. The molecule has 2 heterocycles. The molecule has 7 nitrogen and oxygen atoms in total. The molecule has 0 saturated heterocycles. The van der Waals surface area contributed by atoms with Gasteiger partial charge < -0.3 is 10.3 Å². The number of hydrogen-bond donors (Lipinski definition) is 2. The number of aryl methyl sites for hydroxylation is 3. The average molecular weight is 329 g/mol. The van der Waals surface area contributed by atoms with Crippen LogP contribution in [0.1, 0.15) is 17.2 Å². The molecule has 1 aromatic carbocycles. The van der Waals surface area contributed by atoms with Gasteiger partial charge in [0.15, 0.2) is 0 Å². The standard InChI is InChI=1S/C16H16FN5O2/c1-9-7-18-10(2)22(9)16-14(8-19-24)21(3)20-15(16)12-5-4-11(23)6-13(12)17/h4-8,23-24H,1-3H3. The van der Waals surface area contributed by atoms with Crippen LogP contribution < -0.4 is 0 Å². The van der Waals surface area contributed by atoms with Crippen molar-refractivity contribution in [3.05, 3.63) is 47.4 Å². The minimum Gasteiger partial charge on any atom is -0.508 e. The summed E-state index contributed by atoms with van der Waals surface area (Å²) in [6, 6.07) is 3.88. The maximum absolute atomic E-state index is 14.4. The monoisotopic (exact) mass is 329 g/mol. The van der Waals surface area contributed by atoms with Gasteiger partial charge in [0.1, 0.15) is 34.5 Å². The summed E-state index contributed by atoms with van der Waals surface area (Å²) >= 11 is 0. The first-order chi connectivity index (χ1) is 11.4. The van der Waals surface area contributed by atoms with Crippen LogP contribution in [0, 0.1) is 19.7 Å². The summed E-state index contributed by atoms with van der Waals surface area (Å²) in [5.41, 5.74) is 2.45. The summed E-state index contributed by atoms with van der Waals surface area (Å²) in [4.78, 5) is 4.26. The number of imidazole rings is 1. The van der Waals surface area contributed by atoms with Gasteiger partial charge in [-0.25, -0.2) is 9.37 Å². The Morgan fingerprint density at radius 1 is 1.29 bits per heavy atom. The van der Waals surface area contributed by atoms with E-state index in [1.165, 1.54) is 23.0 Å². The summed E-state index contributed by atoms with van der Waals surface area (Å²) in [5, 5.41) is 25.9. The van der Waals surface area contributed by atoms with E-state index in [4.69, 9.17) is 5.21 Å². The van der Waals surface area contributed by atoms with Crippen molar-refractivity contribution in [3.63, 3.8) is 0 Å². The first kappa shape index (κ1) is 15.7. The number of aromatic hydroxyl groups is 1. The second-order valence-corrected chi connectivity index (χ2v) is 5.40. The summed E-state index contributed by atoms with van der Waals surface area (Å²) < 4.78 is 17.7. The Morgan fingerprint density at radius 2 is 2.04 bits per heavy atom. The van der Waals surface area contributed by atoms with Crippen molar-refractivity contribution in [1.29, 1.82) is 0 Å². The third kappa shape index (κ3) is 2.41. The van der Waals surface area contributed by atoms with Crippen LogP contribution in [-0.2, 0) is 7.05 Å². The first-order valence-electron chi connectivity index (χ1n) is 7.18. The Hall–Kier alpha value is -3.16. The van der Waals surface area contributed by atoms with Gasteiger partial charge >= 0.3 is 0 Å². The second kappa shape index (κ2) is 5.80. The number of rotatable bonds is 3. The fourth-order valence-corrected chi connectivity index (χ4v) is 2.72. The molecule has 2 N–H and O–H groups in total. The largest absolute Gasteiger partial charge is 0.508 e. The molecule has 0 aliphatic rings. The van der Waals surface area contributed by atoms with Crippen molar-refractivity contribution >= 4 is 6.21 Å². The normalized spacial score (nSPS) is 11.5. The minimum atomic E-state index is -0.600. The van der Waals surface area contributed by atoms with Crippen LogP contribution in [0.2, 0.25) is 0 Å². The van der Waals surface area contributed by atoms with Crippen LogP contribution in [0.3, 0.4) is 0 Å². The van der Waals surface area contributed by atoms with Crippen LogP contribution >= 0.6 is 0 Å². The number of aromatic nitrogens is 4. The fraction of sp³-hybridized carbons (Fsp3) is 0.188. The molecule has 3 aromatic rings. The van der Waals surface area contributed by atoms with Gasteiger partial charge in [-0.3, -0.25) is 9.25 Å². The minimum absolute atomic E-state index is 0.166. The van der Waals surface area contributed by atoms with E-state index in [9.17, 15) is 9.50 Å². The molecule has 0 saturated carbocycles. The van der Waals surface area contributed by atoms with E-state index in [2.05, 4.69) is 15.2 Å². The maximum atomic E-state index is 14.4. The molecule has 0 unspecified atom stereocenters. The Morgan fingerprint density at radius 3 is 2.62 bits per heavy atom. The van der Waals surface area contributed by atoms with Crippen molar-refractivity contribution in [2.75, 3.05) is 0 Å². The maximum Gasteiger partial charge on any atom is 0.136 e. The second-order valence-electron chi connectivity index (χ2n) is 5.40. The molecule has 0 atom stereocenters. The van der Waals surface area contributed by atoms with Gasteiger partial charge in [-0.1, -0.05) is 5.16 Å². The van der Waals surface area contributed by atoms with Crippen molar-refractivity contribution in [2.24, 2.45) is 12.2 Å². The number of hydrogen-bond acceptors (Lipinski definition) is 5. The summed E-state index contributed by atoms with van der Waals surface area (Å²) in [6.45, 7) is 3.68. The van der Waals surface area contributed by atoms with Gasteiger partial charge in [0.2, 0.25) is 0 Å². The van der Waals surface area contributed by atoms with Gasteiger partial charge in [0.05, 0.1) is 6.21 Å². The van der Waals surface area contributed by atoms with E-state index >= 15 is 0 Å². The quantitative estimate of drug-likeness (QED) is 0.439. The first-order valence-corrected chi connectivity index (χ1v) is 7.18. The molecule has 3 rings (SSSR count). The lowest BCUT2D eigenvalue weighted by Crippen LogP contribution is -2.05. The van der Waals surface area contributed by atoms with Crippen molar-refractivity contribution in [3.8, 4) is 22.7 Å². The molecule has 0 aliphatic heterocycles. The highest BCUT2D eigenvalue weighted by Gasteiger charge is 2.23. The van der Waals surface area contributed by atoms with Crippen molar-refractivity contribution in [1.82, 2.24) is 19.3 Å². The Bertz CT molecular complexity index is 923. The molecule has 0 fully saturated rings. The van der Waals surface area contributed by atoms with Crippen LogP contribution in [0.25, 0.3) is 16.9 Å². The van der Waals surface area contributed by atoms with Gasteiger partial charge in [-0.15, -0.1) is 0 Å². The molecule has 0 aliphatic carbocycles. The van der Waals surface area contributed by atoms with Crippen LogP contribution in [0.5, 0.6) is 5.75 Å². The van der Waals surface area contributed by atoms with Gasteiger partial charge in [-0.05, 0) is 26.0 Å². The SMILES string of the molecule is Cc1cnc(C)n1-c1c(-c2ccc(O)cc2F)nn(C)c1C=NO. The van der Waals surface area contributed by atoms with E-state index in [1.807, 2.05) is 18.4 Å². The predicted molar refractivity (Wildman–Crippen MR) is 86.2 cm³/mol. The molecule has 124 valence electrons. The van der Waals surface area contributed by atoms with Gasteiger partial charge in [-0.2, -0.15) is 5.10 Å². The van der Waals surface area contributed by atoms with Crippen LogP contribution in [0.4, 0.5) is 4.39 Å². The van der Waals surface area contributed by atoms with E-state index in [0.29, 0.717) is 22.9 Å². The highest BCUT2D eigenvalue weighted by Crippen LogP contribution is 2.32. The molecular formula is C16H16FN5O2. The van der Waals surface area contributed by atoms with E-state index in [1.54, 1.807) is 13.2 Å². The Labute approximate surface area is 137 Å². The number of benzene rings is 1. The fourth-order valence-electron chi connectivity index (χ4n) is 2.72. The Kier molecular flexibility index (Phi) is 3.80. The number of nitrogens with zero attached hydrogens (tertiary/aromatic N) is 5. The molecule has 2 aromatic heterocycles. The van der Waals surface area contributed by atoms with Gasteiger partial charge in [0, 0.05) is 30.6 Å². The summed E-state index contributed by atoms with van der Waals surface area (Å²) in [5.74, 6) is -0.0772. The van der Waals surface area contributed by atoms with E-state index in [-0.39, 0.29) is 11.3 Å². The lowest BCUT2D eigenvalue weighted by molar-refractivity contribution is 0.321. The molecule has 0 bridgehead atoms. The zero-order chi connectivity index (χ0) is 17.4. The van der Waals surface area contributed by atoms with Crippen LogP contribution in [0.15, 0.2) is 29.6 Å². The third-order valence-electron chi connectivity index (χ3n) is 3.79. The van der Waals surface area contributed by atoms with E-state index < -0.39 is 5.82 Å². The average Bonchev–Trinajstić information content (AvgIpc) is 3.00. The topological polar surface area (TPSA) is 88.5 Å². The third-order valence-corrected chi connectivity index (χ3v) is 3.79. The highest BCUT2D eigenvalue weighted by atomic mass is 19.1. The van der Waals surface area contributed by atoms with Crippen molar-refractivity contribution < 1.29 is 14.7 Å². The molecule has 0 amide bonds. The molecular weight excluding hydrogens is 313 g/mol. The molecule has 24 heavy (non-hydrogen) atoms. The zero-order valence-corrected chi connectivity index (χ0v) is 13.4. The zero-order valence-electron chi connectivity index (χ0n) is 13.4. The lowest BCUT2D eigenvalue weighted by atomic mass is 10.1. The number of halogens is 1. The molecule has 8 heteroatoms. The summed E-state index contributed by atoms with van der Waals surface area (Å²) in [7, 11) is 1.67. The number of oxime groups is 1.